The van der Waals surface area contributed by atoms with E-state index in [4.69, 9.17) is 0 Å². The summed E-state index contributed by atoms with van der Waals surface area (Å²) in [4.78, 5) is 8.33. The Morgan fingerprint density at radius 3 is 2.71 bits per heavy atom. The van der Waals surface area contributed by atoms with Crippen molar-refractivity contribution in [3.63, 3.8) is 0 Å². The lowest BCUT2D eigenvalue weighted by molar-refractivity contribution is 1.11. The Labute approximate surface area is 139 Å². The highest BCUT2D eigenvalue weighted by Gasteiger charge is 2.03. The Balaban J connectivity index is 1.65. The number of aromatic amines is 1. The zero-order valence-electron chi connectivity index (χ0n) is 12.8. The Morgan fingerprint density at radius 1 is 0.917 bits per heavy atom. The number of aromatic nitrogens is 4. The summed E-state index contributed by atoms with van der Waals surface area (Å²) in [5, 5.41) is 11.8. The van der Waals surface area contributed by atoms with Crippen LogP contribution in [0, 0.1) is 0 Å². The molecule has 0 fully saturated rings. The van der Waals surface area contributed by atoms with Crippen molar-refractivity contribution in [2.24, 2.45) is 0 Å². The number of nitrogens with zero attached hydrogens (tertiary/aromatic N) is 3. The summed E-state index contributed by atoms with van der Waals surface area (Å²) >= 11 is 0. The van der Waals surface area contributed by atoms with Gasteiger partial charge in [0.1, 0.15) is 5.82 Å². The predicted octanol–water partition coefficient (Wildman–Crippen LogP) is 4.27. The lowest BCUT2D eigenvalue weighted by atomic mass is 10.1. The summed E-state index contributed by atoms with van der Waals surface area (Å²) in [5.41, 5.74) is 3.97. The molecule has 0 unspecified atom stereocenters. The highest BCUT2D eigenvalue weighted by atomic mass is 15.1. The largest absolute Gasteiger partial charge is 0.338 e. The molecular formula is C19H15N5. The zero-order chi connectivity index (χ0) is 16.2. The molecule has 5 heteroatoms. The monoisotopic (exact) mass is 313 g/mol. The van der Waals surface area contributed by atoms with Crippen molar-refractivity contribution in [2.75, 3.05) is 5.32 Å². The molecule has 0 aliphatic carbocycles. The van der Waals surface area contributed by atoms with E-state index in [2.05, 4.69) is 31.5 Å². The maximum absolute atomic E-state index is 4.37. The van der Waals surface area contributed by atoms with E-state index in [-0.39, 0.29) is 0 Å². The van der Waals surface area contributed by atoms with E-state index >= 15 is 0 Å². The molecule has 5 nitrogen and oxygen atoms in total. The summed E-state index contributed by atoms with van der Waals surface area (Å²) < 4.78 is 0. The molecule has 2 heterocycles. The van der Waals surface area contributed by atoms with Gasteiger partial charge in [0.15, 0.2) is 0 Å². The summed E-state index contributed by atoms with van der Waals surface area (Å²) in [5.74, 6) is 0.712. The van der Waals surface area contributed by atoms with Gasteiger partial charge in [0.2, 0.25) is 0 Å². The van der Waals surface area contributed by atoms with Crippen LogP contribution < -0.4 is 5.32 Å². The van der Waals surface area contributed by atoms with Crippen molar-refractivity contribution in [3.05, 3.63) is 78.4 Å². The number of hydrogen-bond acceptors (Lipinski definition) is 4. The maximum Gasteiger partial charge on any atom is 0.148 e. The van der Waals surface area contributed by atoms with Gasteiger partial charge in [0.25, 0.3) is 0 Å². The zero-order valence-corrected chi connectivity index (χ0v) is 12.8. The Morgan fingerprint density at radius 2 is 1.79 bits per heavy atom. The number of anilines is 2. The SMILES string of the molecule is C(=Cc1n[nH]c2ccccc12)c1ccccc1Nc1cnccn1. The van der Waals surface area contributed by atoms with E-state index in [1.807, 2.05) is 54.6 Å². The molecule has 0 saturated heterocycles. The molecular weight excluding hydrogens is 298 g/mol. The average molecular weight is 313 g/mol. The van der Waals surface area contributed by atoms with E-state index in [0.717, 1.165) is 27.8 Å². The third-order valence-corrected chi connectivity index (χ3v) is 3.71. The van der Waals surface area contributed by atoms with E-state index in [9.17, 15) is 0 Å². The van der Waals surface area contributed by atoms with Crippen molar-refractivity contribution in [2.45, 2.75) is 0 Å². The van der Waals surface area contributed by atoms with Crippen LogP contribution in [0.4, 0.5) is 11.5 Å². The van der Waals surface area contributed by atoms with Gasteiger partial charge in [-0.3, -0.25) is 10.1 Å². The van der Waals surface area contributed by atoms with Crippen LogP contribution >= 0.6 is 0 Å². The van der Waals surface area contributed by atoms with Crippen LogP contribution in [0.15, 0.2) is 67.1 Å². The van der Waals surface area contributed by atoms with Crippen molar-refractivity contribution in [3.8, 4) is 0 Å². The molecule has 0 spiro atoms. The van der Waals surface area contributed by atoms with Gasteiger partial charge in [-0.25, -0.2) is 4.98 Å². The van der Waals surface area contributed by atoms with Crippen LogP contribution in [-0.4, -0.2) is 20.2 Å². The first-order valence-electron chi connectivity index (χ1n) is 7.63. The van der Waals surface area contributed by atoms with Crippen molar-refractivity contribution >= 4 is 34.6 Å². The molecule has 4 rings (SSSR count). The Kier molecular flexibility index (Phi) is 3.73. The molecule has 2 aromatic carbocycles. The predicted molar refractivity (Wildman–Crippen MR) is 96.8 cm³/mol. The molecule has 0 amide bonds. The van der Waals surface area contributed by atoms with E-state index in [1.54, 1.807) is 18.6 Å². The highest BCUT2D eigenvalue weighted by Crippen LogP contribution is 2.23. The number of hydrogen-bond donors (Lipinski definition) is 2. The third kappa shape index (κ3) is 2.87. The Bertz CT molecular complexity index is 989. The molecule has 0 atom stereocenters. The summed E-state index contributed by atoms with van der Waals surface area (Å²) in [6.45, 7) is 0. The highest BCUT2D eigenvalue weighted by molar-refractivity contribution is 5.90. The van der Waals surface area contributed by atoms with Gasteiger partial charge in [0.05, 0.1) is 17.4 Å². The number of benzene rings is 2. The molecule has 0 saturated carbocycles. The second-order valence-corrected chi connectivity index (χ2v) is 5.29. The molecule has 2 N–H and O–H groups in total. The number of nitrogens with one attached hydrogen (secondary N) is 2. The van der Waals surface area contributed by atoms with Gasteiger partial charge in [-0.05, 0) is 23.8 Å². The van der Waals surface area contributed by atoms with E-state index in [1.165, 1.54) is 0 Å². The fourth-order valence-corrected chi connectivity index (χ4v) is 2.54. The minimum Gasteiger partial charge on any atom is -0.338 e. The molecule has 0 bridgehead atoms. The van der Waals surface area contributed by atoms with Crippen LogP contribution in [0.25, 0.3) is 23.1 Å². The van der Waals surface area contributed by atoms with Crippen LogP contribution in [0.1, 0.15) is 11.3 Å². The minimum atomic E-state index is 0.712. The lowest BCUT2D eigenvalue weighted by Gasteiger charge is -2.08. The second kappa shape index (κ2) is 6.34. The number of H-pyrrole nitrogens is 1. The quantitative estimate of drug-likeness (QED) is 0.590. The van der Waals surface area contributed by atoms with E-state index in [0.29, 0.717) is 5.82 Å². The van der Waals surface area contributed by atoms with Gasteiger partial charge < -0.3 is 5.32 Å². The van der Waals surface area contributed by atoms with Gasteiger partial charge in [-0.15, -0.1) is 0 Å². The first-order chi connectivity index (χ1) is 11.9. The third-order valence-electron chi connectivity index (χ3n) is 3.71. The number of para-hydroxylation sites is 2. The van der Waals surface area contributed by atoms with Crippen molar-refractivity contribution in [1.29, 1.82) is 0 Å². The Hall–Kier alpha value is -3.47. The van der Waals surface area contributed by atoms with Crippen LogP contribution in [0.2, 0.25) is 0 Å². The molecule has 4 aromatic rings. The molecule has 24 heavy (non-hydrogen) atoms. The lowest BCUT2D eigenvalue weighted by Crippen LogP contribution is -1.95. The molecule has 2 aromatic heterocycles. The van der Waals surface area contributed by atoms with Gasteiger partial charge in [-0.2, -0.15) is 5.10 Å². The fraction of sp³-hybridized carbons (Fsp3) is 0. The second-order valence-electron chi connectivity index (χ2n) is 5.29. The van der Waals surface area contributed by atoms with Gasteiger partial charge >= 0.3 is 0 Å². The van der Waals surface area contributed by atoms with Gasteiger partial charge in [-0.1, -0.05) is 42.5 Å². The number of fused-ring (bicyclic) bond motifs is 1. The van der Waals surface area contributed by atoms with Crippen LogP contribution in [0.5, 0.6) is 0 Å². The molecule has 116 valence electrons. The topological polar surface area (TPSA) is 66.5 Å². The van der Waals surface area contributed by atoms with Crippen molar-refractivity contribution in [1.82, 2.24) is 20.2 Å². The summed E-state index contributed by atoms with van der Waals surface area (Å²) in [6, 6.07) is 16.1. The molecule has 0 aliphatic rings. The maximum atomic E-state index is 4.37. The van der Waals surface area contributed by atoms with Gasteiger partial charge in [0, 0.05) is 23.5 Å². The average Bonchev–Trinajstić information content (AvgIpc) is 3.05. The number of rotatable bonds is 4. The standard InChI is InChI=1S/C19H15N5/c1-3-7-16(22-19-13-20-11-12-21-19)14(5-1)9-10-18-15-6-2-4-8-17(15)23-24-18/h1-13H,(H,21,22)(H,23,24). The first-order valence-corrected chi connectivity index (χ1v) is 7.63. The smallest absolute Gasteiger partial charge is 0.148 e. The normalized spacial score (nSPS) is 11.2. The van der Waals surface area contributed by atoms with Crippen molar-refractivity contribution < 1.29 is 0 Å². The van der Waals surface area contributed by atoms with Crippen LogP contribution in [0.3, 0.4) is 0 Å². The van der Waals surface area contributed by atoms with E-state index < -0.39 is 0 Å². The minimum absolute atomic E-state index is 0.712. The molecule has 0 aliphatic heterocycles. The summed E-state index contributed by atoms with van der Waals surface area (Å²) in [6.07, 6.45) is 9.06. The first kappa shape index (κ1) is 14.1. The van der Waals surface area contributed by atoms with Crippen LogP contribution in [-0.2, 0) is 0 Å². The molecule has 0 radical (unpaired) electrons. The fourth-order valence-electron chi connectivity index (χ4n) is 2.54. The summed E-state index contributed by atoms with van der Waals surface area (Å²) in [7, 11) is 0.